The Balaban J connectivity index is 1.88. The van der Waals surface area contributed by atoms with Gasteiger partial charge in [0.1, 0.15) is 12.1 Å². The summed E-state index contributed by atoms with van der Waals surface area (Å²) in [5, 5.41) is 21.5. The number of carbonyl (C=O) groups excluding carboxylic acids is 4. The Kier molecular flexibility index (Phi) is 7.55. The fourth-order valence-corrected chi connectivity index (χ4v) is 3.71. The number of primary amides is 1. The number of amides is 4. The van der Waals surface area contributed by atoms with E-state index in [-0.39, 0.29) is 30.8 Å². The fourth-order valence-electron chi connectivity index (χ4n) is 3.71. The first-order valence-electron chi connectivity index (χ1n) is 9.81. The van der Waals surface area contributed by atoms with Crippen molar-refractivity contribution in [1.82, 2.24) is 15.1 Å². The molecule has 2 heterocycles. The van der Waals surface area contributed by atoms with Gasteiger partial charge in [0.15, 0.2) is 0 Å². The van der Waals surface area contributed by atoms with Crippen molar-refractivity contribution in [3.8, 4) is 0 Å². The molecular formula is C18H31N5O6. The van der Waals surface area contributed by atoms with Crippen LogP contribution in [-0.2, 0) is 19.2 Å². The van der Waals surface area contributed by atoms with Gasteiger partial charge < -0.3 is 36.8 Å². The minimum absolute atomic E-state index is 0.136. The summed E-state index contributed by atoms with van der Waals surface area (Å²) in [7, 11) is 0. The first-order chi connectivity index (χ1) is 13.5. The first-order valence-corrected chi connectivity index (χ1v) is 9.81. The molecule has 2 aliphatic rings. The predicted molar refractivity (Wildman–Crippen MR) is 102 cm³/mol. The number of likely N-dealkylation sites (tertiary alicyclic amines) is 2. The van der Waals surface area contributed by atoms with Crippen LogP contribution in [0.4, 0.5) is 0 Å². The molecule has 0 aliphatic carbocycles. The Hall–Kier alpha value is -2.24. The van der Waals surface area contributed by atoms with E-state index in [0.29, 0.717) is 25.9 Å². The normalized spacial score (nSPS) is 26.0. The lowest BCUT2D eigenvalue weighted by Crippen LogP contribution is -2.52. The van der Waals surface area contributed by atoms with Gasteiger partial charge in [-0.05, 0) is 26.7 Å². The number of aliphatic hydroxyl groups is 2. The Morgan fingerprint density at radius 3 is 2.07 bits per heavy atom. The van der Waals surface area contributed by atoms with Crippen LogP contribution in [0.5, 0.6) is 0 Å². The molecule has 29 heavy (non-hydrogen) atoms. The highest BCUT2D eigenvalue weighted by molar-refractivity contribution is 5.89. The molecule has 0 spiro atoms. The summed E-state index contributed by atoms with van der Waals surface area (Å²) in [5.74, 6) is -2.66. The number of nitrogens with zero attached hydrogens (tertiary/aromatic N) is 2. The molecule has 7 N–H and O–H groups in total. The van der Waals surface area contributed by atoms with Crippen LogP contribution < -0.4 is 16.8 Å². The third kappa shape index (κ3) is 5.43. The van der Waals surface area contributed by atoms with Gasteiger partial charge in [-0.3, -0.25) is 19.2 Å². The topological polar surface area (TPSA) is 179 Å². The van der Waals surface area contributed by atoms with E-state index in [1.165, 1.54) is 18.7 Å². The summed E-state index contributed by atoms with van der Waals surface area (Å²) in [5.41, 5.74) is 10.9. The molecule has 0 aromatic rings. The molecule has 0 unspecified atom stereocenters. The minimum atomic E-state index is -1.18. The molecule has 0 aromatic heterocycles. The molecule has 11 heteroatoms. The first kappa shape index (κ1) is 23.0. The van der Waals surface area contributed by atoms with Crippen LogP contribution in [0.3, 0.4) is 0 Å². The third-order valence-electron chi connectivity index (χ3n) is 5.61. The predicted octanol–water partition coefficient (Wildman–Crippen LogP) is -3.26. The van der Waals surface area contributed by atoms with Crippen LogP contribution in [0.25, 0.3) is 0 Å². The summed E-state index contributed by atoms with van der Waals surface area (Å²) in [6, 6.07) is -2.20. The molecule has 0 saturated carbocycles. The number of hydrogen-bond donors (Lipinski definition) is 5. The van der Waals surface area contributed by atoms with Crippen LogP contribution >= 0.6 is 0 Å². The van der Waals surface area contributed by atoms with Gasteiger partial charge in [-0.15, -0.1) is 0 Å². The zero-order valence-electron chi connectivity index (χ0n) is 16.8. The van der Waals surface area contributed by atoms with E-state index >= 15 is 0 Å². The minimum Gasteiger partial charge on any atom is -0.391 e. The number of nitrogens with two attached hydrogens (primary N) is 2. The molecular weight excluding hydrogens is 382 g/mol. The summed E-state index contributed by atoms with van der Waals surface area (Å²) in [6.45, 7) is 4.02. The molecule has 0 aromatic carbocycles. The lowest BCUT2D eigenvalue weighted by molar-refractivity contribution is -0.136. The van der Waals surface area contributed by atoms with Gasteiger partial charge in [0.25, 0.3) is 0 Å². The maximum atomic E-state index is 12.8. The van der Waals surface area contributed by atoms with E-state index in [9.17, 15) is 29.4 Å². The standard InChI is InChI=1S/C18H31N5O6/c1-9(24)13(19)18(29)23-6-4-12(8-23)17(28)22-5-3-11(7-22)16(27)21-14(10(2)25)15(20)26/h9-14,24-25H,3-8,19H2,1-2H3,(H2,20,26)(H,21,27)/t9-,10-,11+,12-,13+,14+/m1/s1. The van der Waals surface area contributed by atoms with Gasteiger partial charge in [0, 0.05) is 26.2 Å². The largest absolute Gasteiger partial charge is 0.391 e. The van der Waals surface area contributed by atoms with Crippen molar-refractivity contribution >= 4 is 23.6 Å². The van der Waals surface area contributed by atoms with E-state index in [1.807, 2.05) is 0 Å². The van der Waals surface area contributed by atoms with Crippen LogP contribution in [0.1, 0.15) is 26.7 Å². The Morgan fingerprint density at radius 2 is 1.52 bits per heavy atom. The molecule has 2 fully saturated rings. The molecule has 2 aliphatic heterocycles. The van der Waals surface area contributed by atoms with E-state index in [0.717, 1.165) is 0 Å². The Labute approximate surface area is 169 Å². The van der Waals surface area contributed by atoms with Crippen molar-refractivity contribution in [3.63, 3.8) is 0 Å². The molecule has 6 atom stereocenters. The second-order valence-electron chi connectivity index (χ2n) is 7.94. The van der Waals surface area contributed by atoms with Crippen molar-refractivity contribution in [2.45, 2.75) is 51.0 Å². The highest BCUT2D eigenvalue weighted by Gasteiger charge is 2.39. The van der Waals surface area contributed by atoms with Crippen LogP contribution in [0.15, 0.2) is 0 Å². The quantitative estimate of drug-likeness (QED) is 0.290. The number of aliphatic hydroxyl groups excluding tert-OH is 2. The van der Waals surface area contributed by atoms with Gasteiger partial charge in [0.2, 0.25) is 23.6 Å². The van der Waals surface area contributed by atoms with Crippen molar-refractivity contribution < 1.29 is 29.4 Å². The molecule has 4 amide bonds. The summed E-state index contributed by atoms with van der Waals surface area (Å²) in [6.07, 6.45) is -1.16. The smallest absolute Gasteiger partial charge is 0.242 e. The summed E-state index contributed by atoms with van der Waals surface area (Å²) >= 11 is 0. The van der Waals surface area contributed by atoms with Crippen LogP contribution in [-0.4, -0.2) is 94.1 Å². The second kappa shape index (κ2) is 9.51. The van der Waals surface area contributed by atoms with E-state index in [2.05, 4.69) is 5.32 Å². The van der Waals surface area contributed by atoms with Gasteiger partial charge in [-0.25, -0.2) is 0 Å². The highest BCUT2D eigenvalue weighted by atomic mass is 16.3. The number of nitrogens with one attached hydrogen (secondary N) is 1. The maximum Gasteiger partial charge on any atom is 0.242 e. The number of hydrogen-bond acceptors (Lipinski definition) is 7. The van der Waals surface area contributed by atoms with E-state index in [4.69, 9.17) is 11.5 Å². The summed E-state index contributed by atoms with van der Waals surface area (Å²) in [4.78, 5) is 51.8. The lowest BCUT2D eigenvalue weighted by Gasteiger charge is -2.24. The van der Waals surface area contributed by atoms with E-state index < -0.39 is 42.0 Å². The number of rotatable bonds is 7. The second-order valence-corrected chi connectivity index (χ2v) is 7.94. The van der Waals surface area contributed by atoms with Crippen molar-refractivity contribution in [1.29, 1.82) is 0 Å². The lowest BCUT2D eigenvalue weighted by atomic mass is 10.1. The van der Waals surface area contributed by atoms with Gasteiger partial charge in [-0.1, -0.05) is 0 Å². The van der Waals surface area contributed by atoms with Gasteiger partial charge in [0.05, 0.1) is 24.0 Å². The molecule has 11 nitrogen and oxygen atoms in total. The Bertz CT molecular complexity index is 655. The molecule has 2 saturated heterocycles. The van der Waals surface area contributed by atoms with Crippen molar-refractivity contribution in [2.24, 2.45) is 23.3 Å². The van der Waals surface area contributed by atoms with Gasteiger partial charge >= 0.3 is 0 Å². The van der Waals surface area contributed by atoms with Crippen molar-refractivity contribution in [3.05, 3.63) is 0 Å². The van der Waals surface area contributed by atoms with E-state index in [1.54, 1.807) is 4.90 Å². The third-order valence-corrected chi connectivity index (χ3v) is 5.61. The fraction of sp³-hybridized carbons (Fsp3) is 0.778. The Morgan fingerprint density at radius 1 is 0.966 bits per heavy atom. The zero-order valence-corrected chi connectivity index (χ0v) is 16.8. The summed E-state index contributed by atoms with van der Waals surface area (Å²) < 4.78 is 0. The molecule has 2 rings (SSSR count). The molecule has 0 bridgehead atoms. The monoisotopic (exact) mass is 413 g/mol. The maximum absolute atomic E-state index is 12.8. The molecule has 164 valence electrons. The van der Waals surface area contributed by atoms with Crippen molar-refractivity contribution in [2.75, 3.05) is 26.2 Å². The van der Waals surface area contributed by atoms with Crippen LogP contribution in [0.2, 0.25) is 0 Å². The highest BCUT2D eigenvalue weighted by Crippen LogP contribution is 2.24. The van der Waals surface area contributed by atoms with Crippen LogP contribution in [0, 0.1) is 11.8 Å². The zero-order chi connectivity index (χ0) is 21.9. The SMILES string of the molecule is C[C@@H](O)[C@H](N)C(=O)N1CC[C@@H](C(=O)N2CC[C@H](C(=O)N[C@H](C(N)=O)[C@@H](C)O)C2)C1. The molecule has 0 radical (unpaired) electrons. The average molecular weight is 413 g/mol. The number of carbonyl (C=O) groups is 4. The van der Waals surface area contributed by atoms with Gasteiger partial charge in [-0.2, -0.15) is 0 Å². The average Bonchev–Trinajstić information content (AvgIpc) is 3.33.